The molecule has 4 heteroatoms. The van der Waals surface area contributed by atoms with Gasteiger partial charge < -0.3 is 10.1 Å². The Labute approximate surface area is 113 Å². The minimum absolute atomic E-state index is 0.222. The lowest BCUT2D eigenvalue weighted by atomic mass is 10.0. The van der Waals surface area contributed by atoms with Gasteiger partial charge in [0.15, 0.2) is 0 Å². The zero-order valence-corrected chi connectivity index (χ0v) is 11.1. The average molecular weight is 257 g/mol. The maximum atomic E-state index is 5.78. The summed E-state index contributed by atoms with van der Waals surface area (Å²) in [7, 11) is 1.98. The van der Waals surface area contributed by atoms with Crippen molar-refractivity contribution in [3.63, 3.8) is 0 Å². The van der Waals surface area contributed by atoms with Gasteiger partial charge in [-0.05, 0) is 32.0 Å². The van der Waals surface area contributed by atoms with Gasteiger partial charge in [0.1, 0.15) is 0 Å². The molecule has 2 atom stereocenters. The number of hydrogen-bond acceptors (Lipinski definition) is 3. The van der Waals surface area contributed by atoms with Crippen molar-refractivity contribution in [2.24, 2.45) is 0 Å². The van der Waals surface area contributed by atoms with Crippen LogP contribution in [0.4, 0.5) is 0 Å². The first-order valence-electron chi connectivity index (χ1n) is 6.77. The summed E-state index contributed by atoms with van der Waals surface area (Å²) in [5.41, 5.74) is 2.26. The van der Waals surface area contributed by atoms with Crippen LogP contribution in [0.25, 0.3) is 5.69 Å². The monoisotopic (exact) mass is 257 g/mol. The summed E-state index contributed by atoms with van der Waals surface area (Å²) in [4.78, 5) is 0. The van der Waals surface area contributed by atoms with E-state index in [0.717, 1.165) is 25.1 Å². The van der Waals surface area contributed by atoms with Crippen LogP contribution < -0.4 is 5.32 Å². The number of aromatic nitrogens is 2. The fourth-order valence-corrected chi connectivity index (χ4v) is 2.65. The van der Waals surface area contributed by atoms with E-state index >= 15 is 0 Å². The Hall–Kier alpha value is -1.65. The van der Waals surface area contributed by atoms with Crippen LogP contribution in [0.1, 0.15) is 24.4 Å². The highest BCUT2D eigenvalue weighted by Gasteiger charge is 2.27. The highest BCUT2D eigenvalue weighted by molar-refractivity contribution is 5.31. The van der Waals surface area contributed by atoms with Crippen molar-refractivity contribution in [2.45, 2.75) is 25.0 Å². The molecule has 0 radical (unpaired) electrons. The number of rotatable bonds is 4. The summed E-state index contributed by atoms with van der Waals surface area (Å²) in [5.74, 6) is 0. The van der Waals surface area contributed by atoms with Gasteiger partial charge in [0.25, 0.3) is 0 Å². The lowest BCUT2D eigenvalue weighted by Crippen LogP contribution is -2.28. The average Bonchev–Trinajstić information content (AvgIpc) is 3.12. The number of likely N-dealkylation sites (N-methyl/N-ethyl adjacent to an activating group) is 1. The van der Waals surface area contributed by atoms with E-state index in [2.05, 4.69) is 28.7 Å². The molecule has 0 amide bonds. The first-order valence-corrected chi connectivity index (χ1v) is 6.77. The Balaban J connectivity index is 1.83. The lowest BCUT2D eigenvalue weighted by Gasteiger charge is -2.20. The van der Waals surface area contributed by atoms with Gasteiger partial charge >= 0.3 is 0 Å². The van der Waals surface area contributed by atoms with Crippen LogP contribution in [0.2, 0.25) is 0 Å². The van der Waals surface area contributed by atoms with Crippen LogP contribution in [0.15, 0.2) is 42.7 Å². The molecule has 1 aromatic heterocycles. The molecule has 0 saturated carbocycles. The molecule has 0 spiro atoms. The number of hydrogen-bond donors (Lipinski definition) is 1. The molecule has 1 aromatic carbocycles. The summed E-state index contributed by atoms with van der Waals surface area (Å²) >= 11 is 0. The van der Waals surface area contributed by atoms with Gasteiger partial charge in [-0.15, -0.1) is 0 Å². The van der Waals surface area contributed by atoms with Gasteiger partial charge in [-0.3, -0.25) is 0 Å². The SMILES string of the molecule is CNC(c1cnn(-c2ccccc2)c1)C1CCCO1. The second-order valence-corrected chi connectivity index (χ2v) is 4.87. The van der Waals surface area contributed by atoms with Crippen molar-refractivity contribution >= 4 is 0 Å². The van der Waals surface area contributed by atoms with Crippen molar-refractivity contribution in [1.82, 2.24) is 15.1 Å². The molecule has 2 aromatic rings. The van der Waals surface area contributed by atoms with Crippen LogP contribution in [0, 0.1) is 0 Å². The highest BCUT2D eigenvalue weighted by Crippen LogP contribution is 2.26. The molecular formula is C15H19N3O. The van der Waals surface area contributed by atoms with E-state index in [0.29, 0.717) is 0 Å². The topological polar surface area (TPSA) is 39.1 Å². The van der Waals surface area contributed by atoms with Gasteiger partial charge in [-0.2, -0.15) is 5.10 Å². The van der Waals surface area contributed by atoms with E-state index in [4.69, 9.17) is 4.74 Å². The van der Waals surface area contributed by atoms with E-state index in [9.17, 15) is 0 Å². The molecule has 1 fully saturated rings. The van der Waals surface area contributed by atoms with Crippen LogP contribution in [0.5, 0.6) is 0 Å². The van der Waals surface area contributed by atoms with Crippen LogP contribution >= 0.6 is 0 Å². The molecule has 4 nitrogen and oxygen atoms in total. The normalized spacial score (nSPS) is 20.6. The summed E-state index contributed by atoms with van der Waals surface area (Å²) in [6, 6.07) is 10.4. The molecule has 1 aliphatic rings. The minimum atomic E-state index is 0.222. The van der Waals surface area contributed by atoms with E-state index in [1.165, 1.54) is 5.56 Å². The maximum absolute atomic E-state index is 5.78. The van der Waals surface area contributed by atoms with Gasteiger partial charge in [0.05, 0.1) is 24.0 Å². The molecule has 19 heavy (non-hydrogen) atoms. The first-order chi connectivity index (χ1) is 9.38. The summed E-state index contributed by atoms with van der Waals surface area (Å²) in [6.07, 6.45) is 6.53. The van der Waals surface area contributed by atoms with Gasteiger partial charge in [-0.25, -0.2) is 4.68 Å². The third-order valence-electron chi connectivity index (χ3n) is 3.63. The van der Waals surface area contributed by atoms with Crippen molar-refractivity contribution in [1.29, 1.82) is 0 Å². The quantitative estimate of drug-likeness (QED) is 0.913. The molecule has 2 unspecified atom stereocenters. The number of nitrogens with one attached hydrogen (secondary N) is 1. The van der Waals surface area contributed by atoms with Crippen molar-refractivity contribution in [3.8, 4) is 5.69 Å². The predicted molar refractivity (Wildman–Crippen MR) is 74.3 cm³/mol. The highest BCUT2D eigenvalue weighted by atomic mass is 16.5. The maximum Gasteiger partial charge on any atom is 0.0771 e. The van der Waals surface area contributed by atoms with E-state index in [1.807, 2.05) is 36.1 Å². The molecule has 3 rings (SSSR count). The van der Waals surface area contributed by atoms with Gasteiger partial charge in [-0.1, -0.05) is 18.2 Å². The standard InChI is InChI=1S/C15H19N3O/c1-16-15(14-8-5-9-19-14)12-10-17-18(11-12)13-6-3-2-4-7-13/h2-4,6-7,10-11,14-16H,5,8-9H2,1H3. The molecule has 1 N–H and O–H groups in total. The smallest absolute Gasteiger partial charge is 0.0771 e. The Morgan fingerprint density at radius 1 is 1.37 bits per heavy atom. The molecular weight excluding hydrogens is 238 g/mol. The Morgan fingerprint density at radius 3 is 2.89 bits per heavy atom. The summed E-state index contributed by atoms with van der Waals surface area (Å²) in [6.45, 7) is 0.871. The van der Waals surface area contributed by atoms with Crippen LogP contribution in [-0.2, 0) is 4.74 Å². The number of benzene rings is 1. The molecule has 2 heterocycles. The van der Waals surface area contributed by atoms with Crippen LogP contribution in [0.3, 0.4) is 0 Å². The first kappa shape index (κ1) is 12.4. The molecule has 100 valence electrons. The zero-order chi connectivity index (χ0) is 13.1. The van der Waals surface area contributed by atoms with Gasteiger partial charge in [0, 0.05) is 18.4 Å². The van der Waals surface area contributed by atoms with Crippen molar-refractivity contribution in [2.75, 3.05) is 13.7 Å². The molecule has 1 aliphatic heterocycles. The third-order valence-corrected chi connectivity index (χ3v) is 3.63. The van der Waals surface area contributed by atoms with E-state index < -0.39 is 0 Å². The fraction of sp³-hybridized carbons (Fsp3) is 0.400. The minimum Gasteiger partial charge on any atom is -0.376 e. The third kappa shape index (κ3) is 2.55. The predicted octanol–water partition coefficient (Wildman–Crippen LogP) is 2.31. The Morgan fingerprint density at radius 2 is 2.21 bits per heavy atom. The zero-order valence-electron chi connectivity index (χ0n) is 11.1. The Bertz CT molecular complexity index is 517. The number of nitrogens with zero attached hydrogens (tertiary/aromatic N) is 2. The summed E-state index contributed by atoms with van der Waals surface area (Å²) in [5, 5.41) is 7.79. The van der Waals surface area contributed by atoms with Crippen LogP contribution in [-0.4, -0.2) is 29.5 Å². The van der Waals surface area contributed by atoms with Gasteiger partial charge in [0.2, 0.25) is 0 Å². The largest absolute Gasteiger partial charge is 0.376 e. The van der Waals surface area contributed by atoms with E-state index in [1.54, 1.807) is 0 Å². The molecule has 0 bridgehead atoms. The fourth-order valence-electron chi connectivity index (χ4n) is 2.65. The molecule has 1 saturated heterocycles. The van der Waals surface area contributed by atoms with Crippen molar-refractivity contribution < 1.29 is 4.74 Å². The Kier molecular flexibility index (Phi) is 3.62. The summed E-state index contributed by atoms with van der Waals surface area (Å²) < 4.78 is 7.69. The number of ether oxygens (including phenoxy) is 1. The lowest BCUT2D eigenvalue weighted by molar-refractivity contribution is 0.0807. The van der Waals surface area contributed by atoms with E-state index in [-0.39, 0.29) is 12.1 Å². The second kappa shape index (κ2) is 5.55. The number of para-hydroxylation sites is 1. The molecule has 0 aliphatic carbocycles. The van der Waals surface area contributed by atoms with Crippen molar-refractivity contribution in [3.05, 3.63) is 48.3 Å². The second-order valence-electron chi connectivity index (χ2n) is 4.87.